The minimum Gasteiger partial charge on any atom is -0.481 e. The molecule has 55 heavy (non-hydrogen) atoms. The van der Waals surface area contributed by atoms with Gasteiger partial charge in [0.15, 0.2) is 5.96 Å². The second-order valence-electron chi connectivity index (χ2n) is 12.5. The number of hydrogen-bond donors (Lipinski definition) is 10. The average Bonchev–Trinajstić information content (AvgIpc) is 3.15. The summed E-state index contributed by atoms with van der Waals surface area (Å²) in [6.45, 7) is 4.62. The first-order valence-electron chi connectivity index (χ1n) is 17.6. The molecule has 21 nitrogen and oxygen atoms in total. The molecule has 7 amide bonds. The molecule has 0 aliphatic rings. The zero-order valence-corrected chi connectivity index (χ0v) is 31.5. The maximum atomic E-state index is 13.5. The van der Waals surface area contributed by atoms with Gasteiger partial charge in [-0.3, -0.25) is 34.4 Å². The fraction of sp³-hybridized carbons (Fsp3) is 0.559. The van der Waals surface area contributed by atoms with Crippen LogP contribution in [-0.4, -0.2) is 103 Å². The van der Waals surface area contributed by atoms with Gasteiger partial charge >= 0.3 is 24.1 Å². The number of esters is 1. The van der Waals surface area contributed by atoms with Gasteiger partial charge in [0.25, 0.3) is 5.91 Å². The number of aliphatic imine (C=N–C) groups is 1. The molecule has 0 aliphatic heterocycles. The van der Waals surface area contributed by atoms with Crippen LogP contribution in [0.3, 0.4) is 0 Å². The molecule has 0 saturated carbocycles. The third kappa shape index (κ3) is 20.0. The van der Waals surface area contributed by atoms with Crippen LogP contribution >= 0.6 is 0 Å². The van der Waals surface area contributed by atoms with Gasteiger partial charge in [-0.1, -0.05) is 63.9 Å². The molecular formula is C34H54N10O11. The first-order chi connectivity index (χ1) is 26.1. The highest BCUT2D eigenvalue weighted by Gasteiger charge is 2.31. The molecule has 4 atom stereocenters. The number of alkyl carbamates (subject to hydrolysis) is 1. The van der Waals surface area contributed by atoms with Crippen LogP contribution < -0.4 is 48.9 Å². The zero-order valence-electron chi connectivity index (χ0n) is 31.5. The third-order valence-corrected chi connectivity index (χ3v) is 7.67. The van der Waals surface area contributed by atoms with Crippen molar-refractivity contribution in [2.45, 2.75) is 96.5 Å². The number of urea groups is 1. The number of rotatable bonds is 23. The predicted octanol–water partition coefficient (Wildman–Crippen LogP) is -0.996. The van der Waals surface area contributed by atoms with Crippen LogP contribution in [0.5, 0.6) is 0 Å². The Bertz CT molecular complexity index is 1470. The number of benzene rings is 1. The zero-order chi connectivity index (χ0) is 41.3. The molecule has 1 rings (SSSR count). The molecule has 0 unspecified atom stereocenters. The predicted molar refractivity (Wildman–Crippen MR) is 197 cm³/mol. The van der Waals surface area contributed by atoms with E-state index in [-0.39, 0.29) is 38.4 Å². The van der Waals surface area contributed by atoms with Crippen molar-refractivity contribution in [2.75, 3.05) is 20.2 Å². The number of aliphatic carboxylic acids is 1. The summed E-state index contributed by atoms with van der Waals surface area (Å²) in [5.41, 5.74) is 15.7. The van der Waals surface area contributed by atoms with Crippen LogP contribution in [0.4, 0.5) is 9.59 Å². The standard InChI is InChI=1S/C34H54N10O11/c1-5-6-13-22(40-28(48)23(14-10-17-37-32(35)36)41-34(53)55-19-21-11-8-7-9-12-21)29(49)42-27(20(2)3)30(50)43-44-33(52)38-18-25(45)39-24(31(51)54-4)15-16-26(46)47/h7-9,11-12,20,22-24,27H,5-6,10,13-19H2,1-4H3,(H,39,45)(H,40,48)(H,41,53)(H,42,49)(H,43,50)(H,46,47)(H4,35,36,37)(H2,38,44,52)/t22-,23-,24-,27-/m0/s1. The van der Waals surface area contributed by atoms with Gasteiger partial charge in [-0.2, -0.15) is 0 Å². The number of carboxylic acid groups (broad SMARTS) is 1. The van der Waals surface area contributed by atoms with Gasteiger partial charge in [-0.25, -0.2) is 19.8 Å². The van der Waals surface area contributed by atoms with Crippen molar-refractivity contribution < 1.29 is 52.9 Å². The Balaban J connectivity index is 2.90. The number of ether oxygens (including phenoxy) is 2. The molecule has 1 aromatic carbocycles. The number of carbonyl (C=O) groups excluding carboxylic acids is 7. The monoisotopic (exact) mass is 778 g/mol. The summed E-state index contributed by atoms with van der Waals surface area (Å²) < 4.78 is 9.83. The first kappa shape index (κ1) is 46.9. The number of nitrogens with one attached hydrogen (secondary N) is 7. The number of methoxy groups -OCH3 is 1. The molecule has 0 fully saturated rings. The lowest BCUT2D eigenvalue weighted by Crippen LogP contribution is -2.60. The van der Waals surface area contributed by atoms with Gasteiger partial charge in [-0.15, -0.1) is 0 Å². The van der Waals surface area contributed by atoms with E-state index in [0.717, 1.165) is 12.7 Å². The summed E-state index contributed by atoms with van der Waals surface area (Å²) >= 11 is 0. The number of hydrazine groups is 1. The maximum Gasteiger partial charge on any atom is 0.408 e. The summed E-state index contributed by atoms with van der Waals surface area (Å²) in [6, 6.07) is 3.15. The lowest BCUT2D eigenvalue weighted by Gasteiger charge is -2.26. The van der Waals surface area contributed by atoms with Gasteiger partial charge in [-0.05, 0) is 37.2 Å². The maximum absolute atomic E-state index is 13.5. The van der Waals surface area contributed by atoms with Crippen molar-refractivity contribution in [3.05, 3.63) is 35.9 Å². The fourth-order valence-electron chi connectivity index (χ4n) is 4.72. The Kier molecular flexibility index (Phi) is 22.0. The van der Waals surface area contributed by atoms with Crippen LogP contribution in [0.15, 0.2) is 35.3 Å². The summed E-state index contributed by atoms with van der Waals surface area (Å²) in [6.07, 6.45) is 0.228. The van der Waals surface area contributed by atoms with E-state index < -0.39 is 90.7 Å². The Hall–Kier alpha value is -6.15. The fourth-order valence-corrected chi connectivity index (χ4v) is 4.72. The average molecular weight is 779 g/mol. The number of carbonyl (C=O) groups is 8. The molecule has 306 valence electrons. The smallest absolute Gasteiger partial charge is 0.408 e. The highest BCUT2D eigenvalue weighted by atomic mass is 16.5. The van der Waals surface area contributed by atoms with E-state index in [1.807, 2.05) is 13.0 Å². The van der Waals surface area contributed by atoms with Crippen molar-refractivity contribution >= 4 is 53.7 Å². The third-order valence-electron chi connectivity index (χ3n) is 7.67. The van der Waals surface area contributed by atoms with E-state index in [0.29, 0.717) is 19.3 Å². The van der Waals surface area contributed by atoms with Gasteiger partial charge in [0, 0.05) is 13.0 Å². The van der Waals surface area contributed by atoms with Crippen molar-refractivity contribution in [3.8, 4) is 0 Å². The lowest BCUT2D eigenvalue weighted by molar-refractivity contribution is -0.145. The van der Waals surface area contributed by atoms with E-state index in [9.17, 15) is 38.4 Å². The Labute approximate surface area is 318 Å². The minimum absolute atomic E-state index is 0.0469. The van der Waals surface area contributed by atoms with Crippen molar-refractivity contribution in [2.24, 2.45) is 22.4 Å². The minimum atomic E-state index is -1.26. The molecule has 0 bridgehead atoms. The molecule has 0 aromatic heterocycles. The van der Waals surface area contributed by atoms with Gasteiger partial charge in [0.2, 0.25) is 17.7 Å². The highest BCUT2D eigenvalue weighted by molar-refractivity contribution is 5.94. The Morgan fingerprint density at radius 2 is 1.44 bits per heavy atom. The van der Waals surface area contributed by atoms with Gasteiger partial charge in [0.1, 0.15) is 30.8 Å². The largest absolute Gasteiger partial charge is 0.481 e. The highest BCUT2D eigenvalue weighted by Crippen LogP contribution is 2.09. The van der Waals surface area contributed by atoms with Crippen molar-refractivity contribution in [1.82, 2.24) is 37.4 Å². The van der Waals surface area contributed by atoms with Crippen LogP contribution in [0.25, 0.3) is 0 Å². The lowest BCUT2D eigenvalue weighted by atomic mass is 10.0. The number of carboxylic acids is 1. The number of amides is 7. The Morgan fingerprint density at radius 1 is 0.800 bits per heavy atom. The molecule has 0 spiro atoms. The molecule has 0 heterocycles. The van der Waals surface area contributed by atoms with Crippen LogP contribution in [-0.2, 0) is 44.8 Å². The van der Waals surface area contributed by atoms with E-state index in [1.54, 1.807) is 38.1 Å². The van der Waals surface area contributed by atoms with Crippen molar-refractivity contribution in [3.63, 3.8) is 0 Å². The summed E-state index contributed by atoms with van der Waals surface area (Å²) in [5.74, 6) is -5.78. The normalized spacial score (nSPS) is 12.7. The summed E-state index contributed by atoms with van der Waals surface area (Å²) in [7, 11) is 1.06. The number of guanidine groups is 1. The number of nitrogens with two attached hydrogens (primary N) is 2. The Morgan fingerprint density at radius 3 is 2.04 bits per heavy atom. The summed E-state index contributed by atoms with van der Waals surface area (Å²) in [4.78, 5) is 104. The topological polar surface area (TPSA) is 324 Å². The molecule has 1 aromatic rings. The van der Waals surface area contributed by atoms with Crippen LogP contribution in [0.1, 0.15) is 71.3 Å². The van der Waals surface area contributed by atoms with Crippen LogP contribution in [0.2, 0.25) is 0 Å². The molecular weight excluding hydrogens is 724 g/mol. The molecule has 0 radical (unpaired) electrons. The number of hydrogen-bond acceptors (Lipinski definition) is 11. The second-order valence-corrected chi connectivity index (χ2v) is 12.5. The quantitative estimate of drug-likeness (QED) is 0.0210. The van der Waals surface area contributed by atoms with Gasteiger partial charge in [0.05, 0.1) is 13.7 Å². The number of unbranched alkanes of at least 4 members (excludes halogenated alkanes) is 1. The van der Waals surface area contributed by atoms with Crippen molar-refractivity contribution in [1.29, 1.82) is 0 Å². The van der Waals surface area contributed by atoms with Crippen LogP contribution in [0, 0.1) is 5.92 Å². The second kappa shape index (κ2) is 25.8. The van der Waals surface area contributed by atoms with E-state index >= 15 is 0 Å². The van der Waals surface area contributed by atoms with Gasteiger partial charge < -0.3 is 52.6 Å². The first-order valence-corrected chi connectivity index (χ1v) is 17.6. The summed E-state index contributed by atoms with van der Waals surface area (Å²) in [5, 5.41) is 21.1. The number of nitrogens with zero attached hydrogens (tertiary/aromatic N) is 1. The molecule has 0 saturated heterocycles. The van der Waals surface area contributed by atoms with E-state index in [2.05, 4.69) is 47.2 Å². The molecule has 21 heteroatoms. The van der Waals surface area contributed by atoms with E-state index in [4.69, 9.17) is 21.3 Å². The van der Waals surface area contributed by atoms with E-state index in [1.165, 1.54) is 0 Å². The molecule has 0 aliphatic carbocycles. The molecule has 12 N–H and O–H groups in total. The SMILES string of the molecule is CCCC[C@H](NC(=O)[C@H](CCCN=C(N)N)NC(=O)OCc1ccccc1)C(=O)N[C@H](C(=O)NNC(=O)NCC(=O)N[C@@H](CCC(=O)O)C(=O)OC)C(C)C.